The van der Waals surface area contributed by atoms with Gasteiger partial charge in [-0.05, 0) is 32.0 Å². The largest absolute Gasteiger partial charge is 0.367 e. The van der Waals surface area contributed by atoms with E-state index in [2.05, 4.69) is 46.8 Å². The Kier molecular flexibility index (Phi) is 4.37. The molecule has 1 aromatic carbocycles. The number of aliphatic imine (C=N–C) groups is 1. The Labute approximate surface area is 110 Å². The second kappa shape index (κ2) is 6.01. The zero-order chi connectivity index (χ0) is 13.0. The molecule has 2 rings (SSSR count). The molecule has 0 aromatic heterocycles. The van der Waals surface area contributed by atoms with Gasteiger partial charge in [-0.25, -0.2) is 0 Å². The van der Waals surface area contributed by atoms with Gasteiger partial charge in [0, 0.05) is 32.4 Å². The third-order valence-corrected chi connectivity index (χ3v) is 3.63. The van der Waals surface area contributed by atoms with E-state index in [1.54, 1.807) is 0 Å². The van der Waals surface area contributed by atoms with Crippen LogP contribution in [-0.2, 0) is 0 Å². The predicted octanol–water partition coefficient (Wildman–Crippen LogP) is 2.86. The van der Waals surface area contributed by atoms with Crippen LogP contribution in [0.2, 0.25) is 0 Å². The lowest BCUT2D eigenvalue weighted by Gasteiger charge is -2.36. The monoisotopic (exact) mass is 245 g/mol. The fourth-order valence-electron chi connectivity index (χ4n) is 2.50. The third-order valence-electron chi connectivity index (χ3n) is 3.63. The van der Waals surface area contributed by atoms with Gasteiger partial charge in [-0.2, -0.15) is 0 Å². The Hall–Kier alpha value is -1.35. The summed E-state index contributed by atoms with van der Waals surface area (Å²) < 4.78 is 0. The highest BCUT2D eigenvalue weighted by molar-refractivity contribution is 5.75. The minimum absolute atomic E-state index is 1.10. The van der Waals surface area contributed by atoms with E-state index < -0.39 is 0 Å². The van der Waals surface area contributed by atoms with E-state index in [0.717, 1.165) is 38.4 Å². The van der Waals surface area contributed by atoms with E-state index in [-0.39, 0.29) is 0 Å². The van der Waals surface area contributed by atoms with Gasteiger partial charge in [0.25, 0.3) is 0 Å². The van der Waals surface area contributed by atoms with Crippen molar-refractivity contribution in [2.24, 2.45) is 4.99 Å². The van der Waals surface area contributed by atoms with Crippen LogP contribution in [0.4, 0.5) is 11.4 Å². The summed E-state index contributed by atoms with van der Waals surface area (Å²) in [6.07, 6.45) is 1.88. The molecular weight excluding hydrogens is 222 g/mol. The lowest BCUT2D eigenvalue weighted by Crippen LogP contribution is -2.46. The van der Waals surface area contributed by atoms with Gasteiger partial charge in [0.05, 0.1) is 11.4 Å². The molecule has 0 radical (unpaired) electrons. The quantitative estimate of drug-likeness (QED) is 0.763. The molecule has 1 aliphatic heterocycles. The van der Waals surface area contributed by atoms with Crippen LogP contribution in [0.15, 0.2) is 23.2 Å². The van der Waals surface area contributed by atoms with Crippen LogP contribution in [-0.4, -0.2) is 43.8 Å². The number of likely N-dealkylation sites (N-methyl/N-ethyl adjacent to an activating group) is 1. The van der Waals surface area contributed by atoms with Gasteiger partial charge in [0.2, 0.25) is 0 Å². The topological polar surface area (TPSA) is 18.8 Å². The van der Waals surface area contributed by atoms with Crippen molar-refractivity contribution in [3.8, 4) is 0 Å². The summed E-state index contributed by atoms with van der Waals surface area (Å²) in [5.74, 6) is 0. The van der Waals surface area contributed by atoms with Gasteiger partial charge in [-0.15, -0.1) is 0 Å². The van der Waals surface area contributed by atoms with Gasteiger partial charge in [0.15, 0.2) is 0 Å². The van der Waals surface area contributed by atoms with Crippen LogP contribution in [0.25, 0.3) is 0 Å². The Morgan fingerprint density at radius 3 is 2.56 bits per heavy atom. The van der Waals surface area contributed by atoms with Crippen LogP contribution < -0.4 is 4.90 Å². The van der Waals surface area contributed by atoms with Crippen LogP contribution in [0.1, 0.15) is 19.4 Å². The summed E-state index contributed by atoms with van der Waals surface area (Å²) in [6, 6.07) is 6.45. The predicted molar refractivity (Wildman–Crippen MR) is 79.3 cm³/mol. The van der Waals surface area contributed by atoms with Crippen LogP contribution in [0.3, 0.4) is 0 Å². The van der Waals surface area contributed by atoms with Crippen LogP contribution in [0, 0.1) is 6.92 Å². The fourth-order valence-corrected chi connectivity index (χ4v) is 2.50. The molecule has 3 heteroatoms. The van der Waals surface area contributed by atoms with Crippen LogP contribution in [0.5, 0.6) is 0 Å². The molecule has 0 N–H and O–H groups in total. The average Bonchev–Trinajstić information content (AvgIpc) is 2.41. The Bertz CT molecular complexity index is 418. The van der Waals surface area contributed by atoms with E-state index in [9.17, 15) is 0 Å². The normalized spacial score (nSPS) is 17.6. The molecular formula is C15H23N3. The van der Waals surface area contributed by atoms with Crippen molar-refractivity contribution in [3.05, 3.63) is 23.8 Å². The molecule has 0 saturated carbocycles. The average molecular weight is 245 g/mol. The molecule has 0 aliphatic carbocycles. The highest BCUT2D eigenvalue weighted by Crippen LogP contribution is 2.32. The summed E-state index contributed by atoms with van der Waals surface area (Å²) in [5.41, 5.74) is 3.66. The number of nitrogens with zero attached hydrogens (tertiary/aromatic N) is 3. The van der Waals surface area contributed by atoms with Crippen molar-refractivity contribution in [1.29, 1.82) is 0 Å². The first kappa shape index (κ1) is 13.1. The summed E-state index contributed by atoms with van der Waals surface area (Å²) in [7, 11) is 0. The maximum Gasteiger partial charge on any atom is 0.0888 e. The minimum atomic E-state index is 1.10. The second-order valence-electron chi connectivity index (χ2n) is 4.75. The highest BCUT2D eigenvalue weighted by atomic mass is 15.3. The maximum absolute atomic E-state index is 4.54. The first-order valence-electron chi connectivity index (χ1n) is 6.82. The number of anilines is 1. The number of rotatable bonds is 3. The number of para-hydroxylation sites is 1. The van der Waals surface area contributed by atoms with Gasteiger partial charge in [-0.1, -0.05) is 19.1 Å². The summed E-state index contributed by atoms with van der Waals surface area (Å²) in [6.45, 7) is 12.0. The Morgan fingerprint density at radius 1 is 1.22 bits per heavy atom. The zero-order valence-electron chi connectivity index (χ0n) is 11.7. The molecule has 1 saturated heterocycles. The molecule has 1 fully saturated rings. The third kappa shape index (κ3) is 2.72. The van der Waals surface area contributed by atoms with E-state index in [1.165, 1.54) is 11.3 Å². The lowest BCUT2D eigenvalue weighted by atomic mass is 10.1. The molecule has 98 valence electrons. The fraction of sp³-hybridized carbons (Fsp3) is 0.533. The summed E-state index contributed by atoms with van der Waals surface area (Å²) in [4.78, 5) is 9.50. The first-order chi connectivity index (χ1) is 8.76. The Morgan fingerprint density at radius 2 is 1.94 bits per heavy atom. The molecule has 0 unspecified atom stereocenters. The van der Waals surface area contributed by atoms with Crippen molar-refractivity contribution in [2.45, 2.75) is 20.8 Å². The van der Waals surface area contributed by atoms with Gasteiger partial charge < -0.3 is 9.80 Å². The summed E-state index contributed by atoms with van der Waals surface area (Å²) >= 11 is 0. The van der Waals surface area contributed by atoms with E-state index >= 15 is 0 Å². The van der Waals surface area contributed by atoms with E-state index in [1.807, 2.05) is 13.1 Å². The van der Waals surface area contributed by atoms with Gasteiger partial charge in [0.1, 0.15) is 0 Å². The highest BCUT2D eigenvalue weighted by Gasteiger charge is 2.18. The van der Waals surface area contributed by atoms with E-state index in [0.29, 0.717) is 0 Å². The maximum atomic E-state index is 4.54. The van der Waals surface area contributed by atoms with Gasteiger partial charge >= 0.3 is 0 Å². The molecule has 0 bridgehead atoms. The van der Waals surface area contributed by atoms with Crippen molar-refractivity contribution in [3.63, 3.8) is 0 Å². The van der Waals surface area contributed by atoms with Crippen molar-refractivity contribution < 1.29 is 0 Å². The number of hydrogen-bond donors (Lipinski definition) is 0. The van der Waals surface area contributed by atoms with Crippen molar-refractivity contribution in [2.75, 3.05) is 37.6 Å². The van der Waals surface area contributed by atoms with Crippen LogP contribution >= 0.6 is 0 Å². The standard InChI is InChI=1S/C15H23N3/c1-4-16-15-13(3)7-6-8-14(15)18-11-9-17(5-2)10-12-18/h4,6-8H,5,9-12H2,1-3H3/b16-4-. The molecule has 1 heterocycles. The summed E-state index contributed by atoms with van der Waals surface area (Å²) in [5, 5.41) is 0. The molecule has 1 aliphatic rings. The molecule has 0 spiro atoms. The lowest BCUT2D eigenvalue weighted by molar-refractivity contribution is 0.271. The number of piperazine rings is 1. The van der Waals surface area contributed by atoms with Crippen molar-refractivity contribution >= 4 is 17.6 Å². The minimum Gasteiger partial charge on any atom is -0.367 e. The van der Waals surface area contributed by atoms with Gasteiger partial charge in [-0.3, -0.25) is 4.99 Å². The second-order valence-corrected chi connectivity index (χ2v) is 4.75. The smallest absolute Gasteiger partial charge is 0.0888 e. The van der Waals surface area contributed by atoms with Crippen molar-refractivity contribution in [1.82, 2.24) is 4.90 Å². The molecule has 3 nitrogen and oxygen atoms in total. The molecule has 1 aromatic rings. The zero-order valence-corrected chi connectivity index (χ0v) is 11.7. The molecule has 18 heavy (non-hydrogen) atoms. The first-order valence-corrected chi connectivity index (χ1v) is 6.82. The Balaban J connectivity index is 2.21. The number of aryl methyl sites for hydroxylation is 1. The molecule has 0 atom stereocenters. The SMILES string of the molecule is C/C=N\c1c(C)cccc1N1CCN(CC)CC1. The van der Waals surface area contributed by atoms with E-state index in [4.69, 9.17) is 0 Å². The molecule has 0 amide bonds. The number of hydrogen-bond acceptors (Lipinski definition) is 3. The number of benzene rings is 1.